The van der Waals surface area contributed by atoms with Gasteiger partial charge >= 0.3 is 0 Å². The normalized spacial score (nSPS) is 11.8. The van der Waals surface area contributed by atoms with Gasteiger partial charge in [0.2, 0.25) is 11.8 Å². The summed E-state index contributed by atoms with van der Waals surface area (Å²) in [6.45, 7) is 0. The van der Waals surface area contributed by atoms with E-state index in [1.165, 1.54) is 5.39 Å². The van der Waals surface area contributed by atoms with Gasteiger partial charge in [-0.1, -0.05) is 115 Å². The third-order valence-corrected chi connectivity index (χ3v) is 11.9. The van der Waals surface area contributed by atoms with E-state index in [4.69, 9.17) is 33.8 Å². The van der Waals surface area contributed by atoms with E-state index in [1.54, 1.807) is 0 Å². The zero-order chi connectivity index (χ0) is 41.4. The van der Waals surface area contributed by atoms with E-state index in [0.29, 0.717) is 29.3 Å². The van der Waals surface area contributed by atoms with Gasteiger partial charge in [0.15, 0.2) is 28.6 Å². The second kappa shape index (κ2) is 13.9. The number of aromatic nitrogens is 6. The van der Waals surface area contributed by atoms with Crippen LogP contribution >= 0.6 is 0 Å². The van der Waals surface area contributed by atoms with Crippen LogP contribution in [0.1, 0.15) is 0 Å². The molecule has 0 bridgehead atoms. The number of para-hydroxylation sites is 5. The molecule has 294 valence electrons. The number of fused-ring (bicyclic) bond motifs is 7. The molecule has 8 heteroatoms. The molecule has 4 heterocycles. The lowest BCUT2D eigenvalue weighted by Gasteiger charge is -2.13. The Kier molecular flexibility index (Phi) is 7.74. The minimum atomic E-state index is 0.542. The summed E-state index contributed by atoms with van der Waals surface area (Å²) < 4.78 is 14.6. The van der Waals surface area contributed by atoms with Crippen LogP contribution in [0, 0.1) is 0 Å². The van der Waals surface area contributed by atoms with E-state index in [-0.39, 0.29) is 0 Å². The van der Waals surface area contributed by atoms with Crippen molar-refractivity contribution in [2.75, 3.05) is 0 Å². The molecule has 63 heavy (non-hydrogen) atoms. The average molecular weight is 809 g/mol. The van der Waals surface area contributed by atoms with E-state index >= 15 is 0 Å². The van der Waals surface area contributed by atoms with E-state index in [0.717, 1.165) is 93.7 Å². The summed E-state index contributed by atoms with van der Waals surface area (Å²) in [7, 11) is 0. The fraction of sp³-hybridized carbons (Fsp3) is 0. The van der Waals surface area contributed by atoms with Crippen LogP contribution in [-0.2, 0) is 0 Å². The number of hydrogen-bond donors (Lipinski definition) is 0. The molecule has 0 atom stereocenters. The van der Waals surface area contributed by atoms with Gasteiger partial charge < -0.3 is 13.4 Å². The van der Waals surface area contributed by atoms with E-state index in [1.807, 2.05) is 97.1 Å². The lowest BCUT2D eigenvalue weighted by atomic mass is 9.96. The molecule has 0 radical (unpaired) electrons. The standard InChI is InChI=1S/C55H32N6O2/c1-2-15-40(16-3-1)61-45-31-38-13-5-4-12-37(38)30-42(45)49-46(61)32-39-14-6-7-17-41(39)50(49)53-59-51(33-22-26-35(27-23-33)54-56-43-18-8-10-20-47(43)62-54)58-52(60-53)34-24-28-36(29-25-34)55-57-44-19-9-11-21-48(44)63-55/h1-32H. The highest BCUT2D eigenvalue weighted by Crippen LogP contribution is 2.44. The zero-order valence-electron chi connectivity index (χ0n) is 33.5. The first-order valence-electron chi connectivity index (χ1n) is 20.8. The van der Waals surface area contributed by atoms with E-state index < -0.39 is 0 Å². The topological polar surface area (TPSA) is 95.7 Å². The fourth-order valence-electron chi connectivity index (χ4n) is 8.87. The van der Waals surface area contributed by atoms with Crippen LogP contribution in [0.25, 0.3) is 128 Å². The van der Waals surface area contributed by atoms with Crippen LogP contribution in [0.4, 0.5) is 0 Å². The first-order chi connectivity index (χ1) is 31.2. The highest BCUT2D eigenvalue weighted by atomic mass is 16.4. The molecule has 0 aliphatic heterocycles. The largest absolute Gasteiger partial charge is 0.436 e. The smallest absolute Gasteiger partial charge is 0.227 e. The van der Waals surface area contributed by atoms with Gasteiger partial charge in [0.05, 0.1) is 11.0 Å². The second-order valence-electron chi connectivity index (χ2n) is 15.7. The van der Waals surface area contributed by atoms with E-state index in [2.05, 4.69) is 102 Å². The SMILES string of the molecule is c1ccc(-n2c3cc4ccccc4cc3c3c(-c4nc(-c5ccc(-c6nc7ccccc7o6)cc5)nc(-c5ccc(-c6nc7ccccc7o6)cc5)n4)c4ccccc4cc32)cc1. The predicted molar refractivity (Wildman–Crippen MR) is 251 cm³/mol. The Hall–Kier alpha value is -8.75. The summed E-state index contributed by atoms with van der Waals surface area (Å²) in [4.78, 5) is 25.4. The number of oxazole rings is 2. The summed E-state index contributed by atoms with van der Waals surface area (Å²) in [6, 6.07) is 66.2. The molecular weight excluding hydrogens is 777 g/mol. The van der Waals surface area contributed by atoms with Crippen LogP contribution in [0.5, 0.6) is 0 Å². The Balaban J connectivity index is 1.06. The number of hydrogen-bond acceptors (Lipinski definition) is 7. The molecule has 4 aromatic heterocycles. The van der Waals surface area contributed by atoms with Crippen molar-refractivity contribution in [1.82, 2.24) is 29.5 Å². The summed E-state index contributed by atoms with van der Waals surface area (Å²) >= 11 is 0. The molecule has 0 amide bonds. The van der Waals surface area contributed by atoms with Gasteiger partial charge in [-0.2, -0.15) is 0 Å². The zero-order valence-corrected chi connectivity index (χ0v) is 33.5. The lowest BCUT2D eigenvalue weighted by molar-refractivity contribution is 0.619. The summed E-state index contributed by atoms with van der Waals surface area (Å²) in [5.41, 5.74) is 10.7. The molecule has 8 nitrogen and oxygen atoms in total. The Labute approximate surface area is 359 Å². The third-order valence-electron chi connectivity index (χ3n) is 11.9. The Morgan fingerprint density at radius 3 is 1.43 bits per heavy atom. The Morgan fingerprint density at radius 2 is 0.825 bits per heavy atom. The maximum Gasteiger partial charge on any atom is 0.227 e. The van der Waals surface area contributed by atoms with Gasteiger partial charge in [-0.25, -0.2) is 24.9 Å². The van der Waals surface area contributed by atoms with Gasteiger partial charge in [0.25, 0.3) is 0 Å². The summed E-state index contributed by atoms with van der Waals surface area (Å²) in [5, 5.41) is 6.64. The van der Waals surface area contributed by atoms with Gasteiger partial charge in [0.1, 0.15) is 11.0 Å². The molecule has 0 spiro atoms. The molecule has 13 aromatic rings. The third kappa shape index (κ3) is 5.80. The Bertz CT molecular complexity index is 3700. The highest BCUT2D eigenvalue weighted by molar-refractivity contribution is 6.24. The van der Waals surface area contributed by atoms with Crippen molar-refractivity contribution in [3.05, 3.63) is 194 Å². The molecule has 0 N–H and O–H groups in total. The maximum absolute atomic E-state index is 6.12. The van der Waals surface area contributed by atoms with Gasteiger partial charge in [-0.15, -0.1) is 0 Å². The van der Waals surface area contributed by atoms with Crippen LogP contribution in [0.3, 0.4) is 0 Å². The highest BCUT2D eigenvalue weighted by Gasteiger charge is 2.23. The van der Waals surface area contributed by atoms with Gasteiger partial charge in [-0.3, -0.25) is 0 Å². The number of benzene rings is 9. The molecular formula is C55H32N6O2. The van der Waals surface area contributed by atoms with E-state index in [9.17, 15) is 0 Å². The first-order valence-corrected chi connectivity index (χ1v) is 20.8. The molecule has 0 saturated heterocycles. The monoisotopic (exact) mass is 808 g/mol. The van der Waals surface area contributed by atoms with Gasteiger partial charge in [0, 0.05) is 44.3 Å². The van der Waals surface area contributed by atoms with Crippen molar-refractivity contribution in [1.29, 1.82) is 0 Å². The van der Waals surface area contributed by atoms with Crippen molar-refractivity contribution in [3.63, 3.8) is 0 Å². The minimum Gasteiger partial charge on any atom is -0.436 e. The molecule has 0 unspecified atom stereocenters. The minimum absolute atomic E-state index is 0.542. The fourth-order valence-corrected chi connectivity index (χ4v) is 8.87. The predicted octanol–water partition coefficient (Wildman–Crippen LogP) is 13.9. The van der Waals surface area contributed by atoms with Crippen LogP contribution in [0.15, 0.2) is 203 Å². The summed E-state index contributed by atoms with van der Waals surface area (Å²) in [6.07, 6.45) is 0. The molecule has 0 aliphatic rings. The maximum atomic E-state index is 6.12. The Morgan fingerprint density at radius 1 is 0.349 bits per heavy atom. The molecule has 9 aromatic carbocycles. The van der Waals surface area contributed by atoms with Crippen LogP contribution in [-0.4, -0.2) is 29.5 Å². The molecule has 13 rings (SSSR count). The average Bonchev–Trinajstić information content (AvgIpc) is 4.07. The summed E-state index contributed by atoms with van der Waals surface area (Å²) in [5.74, 6) is 2.77. The van der Waals surface area contributed by atoms with Crippen molar-refractivity contribution < 1.29 is 8.83 Å². The first kappa shape index (κ1) is 35.0. The van der Waals surface area contributed by atoms with Crippen molar-refractivity contribution in [2.45, 2.75) is 0 Å². The van der Waals surface area contributed by atoms with Gasteiger partial charge in [-0.05, 0) is 100 Å². The van der Waals surface area contributed by atoms with Crippen molar-refractivity contribution in [3.8, 4) is 62.8 Å². The lowest BCUT2D eigenvalue weighted by Crippen LogP contribution is -2.01. The number of nitrogens with zero attached hydrogens (tertiary/aromatic N) is 6. The van der Waals surface area contributed by atoms with Crippen molar-refractivity contribution >= 4 is 65.6 Å². The molecule has 0 fully saturated rings. The number of rotatable bonds is 6. The second-order valence-corrected chi connectivity index (χ2v) is 15.7. The van der Waals surface area contributed by atoms with Crippen LogP contribution in [0.2, 0.25) is 0 Å². The van der Waals surface area contributed by atoms with Crippen molar-refractivity contribution in [2.24, 2.45) is 0 Å². The molecule has 0 aliphatic carbocycles. The van der Waals surface area contributed by atoms with Crippen LogP contribution < -0.4 is 0 Å². The quantitative estimate of drug-likeness (QED) is 0.165. The molecule has 0 saturated carbocycles.